The van der Waals surface area contributed by atoms with Crippen molar-refractivity contribution >= 4 is 11.6 Å². The molecule has 1 aliphatic carbocycles. The molecule has 0 aliphatic heterocycles. The van der Waals surface area contributed by atoms with Gasteiger partial charge in [-0.15, -0.1) is 0 Å². The summed E-state index contributed by atoms with van der Waals surface area (Å²) >= 11 is 0. The first kappa shape index (κ1) is 15.8. The van der Waals surface area contributed by atoms with Gasteiger partial charge in [0.1, 0.15) is 0 Å². The number of fused-ring (bicyclic) bond motifs is 1. The normalized spacial score (nSPS) is 17.3. The lowest BCUT2D eigenvalue weighted by atomic mass is 9.73. The first-order chi connectivity index (χ1) is 11.0. The summed E-state index contributed by atoms with van der Waals surface area (Å²) in [6.45, 7) is 4.32. The van der Waals surface area contributed by atoms with Gasteiger partial charge in [0.25, 0.3) is 0 Å². The van der Waals surface area contributed by atoms with Gasteiger partial charge in [-0.1, -0.05) is 26.2 Å². The zero-order valence-electron chi connectivity index (χ0n) is 13.7. The Kier molecular flexibility index (Phi) is 4.24. The van der Waals surface area contributed by atoms with Gasteiger partial charge in [-0.25, -0.2) is 9.78 Å². The standard InChI is InChI=1S/C17H23N3O3/c1-3-23-16(22)13-10-14-18-12(9-15(21)20(14)19-13)11-17(2)7-5-4-6-8-17/h9-10,21H,3-8,11H2,1-2H3. The fourth-order valence-electron chi connectivity index (χ4n) is 3.42. The molecule has 3 rings (SSSR count). The Balaban J connectivity index is 1.89. The summed E-state index contributed by atoms with van der Waals surface area (Å²) in [6.07, 6.45) is 7.02. The molecule has 0 radical (unpaired) electrons. The van der Waals surface area contributed by atoms with Crippen LogP contribution in [-0.4, -0.2) is 32.3 Å². The molecule has 2 aromatic heterocycles. The summed E-state index contributed by atoms with van der Waals surface area (Å²) in [7, 11) is 0. The average molecular weight is 317 g/mol. The van der Waals surface area contributed by atoms with Crippen molar-refractivity contribution in [3.63, 3.8) is 0 Å². The Hall–Kier alpha value is -2.11. The second-order valence-electron chi connectivity index (χ2n) is 6.67. The lowest BCUT2D eigenvalue weighted by molar-refractivity contribution is 0.0519. The molecular formula is C17H23N3O3. The van der Waals surface area contributed by atoms with Crippen LogP contribution < -0.4 is 0 Å². The van der Waals surface area contributed by atoms with Crippen molar-refractivity contribution in [1.29, 1.82) is 0 Å². The number of aromatic hydroxyl groups is 1. The number of ether oxygens (including phenoxy) is 1. The monoisotopic (exact) mass is 317 g/mol. The fraction of sp³-hybridized carbons (Fsp3) is 0.588. The van der Waals surface area contributed by atoms with E-state index >= 15 is 0 Å². The topological polar surface area (TPSA) is 76.7 Å². The summed E-state index contributed by atoms with van der Waals surface area (Å²) in [5.74, 6) is -0.502. The van der Waals surface area contributed by atoms with Crippen LogP contribution >= 0.6 is 0 Å². The van der Waals surface area contributed by atoms with E-state index in [0.29, 0.717) is 5.65 Å². The van der Waals surface area contributed by atoms with E-state index in [2.05, 4.69) is 17.0 Å². The quantitative estimate of drug-likeness (QED) is 0.877. The molecule has 2 aromatic rings. The predicted molar refractivity (Wildman–Crippen MR) is 85.5 cm³/mol. The molecule has 0 bridgehead atoms. The van der Waals surface area contributed by atoms with Crippen LogP contribution in [0.4, 0.5) is 0 Å². The van der Waals surface area contributed by atoms with Gasteiger partial charge < -0.3 is 9.84 Å². The van der Waals surface area contributed by atoms with Crippen molar-refractivity contribution in [3.05, 3.63) is 23.5 Å². The van der Waals surface area contributed by atoms with Gasteiger partial charge in [-0.05, 0) is 31.6 Å². The number of hydrogen-bond acceptors (Lipinski definition) is 5. The van der Waals surface area contributed by atoms with Crippen molar-refractivity contribution < 1.29 is 14.6 Å². The van der Waals surface area contributed by atoms with E-state index in [1.54, 1.807) is 19.1 Å². The van der Waals surface area contributed by atoms with Crippen LogP contribution in [0.3, 0.4) is 0 Å². The van der Waals surface area contributed by atoms with Gasteiger partial charge in [-0.3, -0.25) is 0 Å². The largest absolute Gasteiger partial charge is 0.493 e. The van der Waals surface area contributed by atoms with E-state index in [9.17, 15) is 9.90 Å². The molecule has 2 heterocycles. The molecule has 0 aromatic carbocycles. The first-order valence-corrected chi connectivity index (χ1v) is 8.26. The Morgan fingerprint density at radius 3 is 2.78 bits per heavy atom. The van der Waals surface area contributed by atoms with Gasteiger partial charge in [-0.2, -0.15) is 9.61 Å². The average Bonchev–Trinajstić information content (AvgIpc) is 2.92. The molecule has 6 heteroatoms. The summed E-state index contributed by atoms with van der Waals surface area (Å²) in [5, 5.41) is 14.3. The summed E-state index contributed by atoms with van der Waals surface area (Å²) in [6, 6.07) is 3.21. The Bertz CT molecular complexity index is 717. The van der Waals surface area contributed by atoms with Gasteiger partial charge in [0.05, 0.1) is 6.61 Å². The van der Waals surface area contributed by atoms with Gasteiger partial charge in [0, 0.05) is 17.8 Å². The maximum atomic E-state index is 11.8. The molecule has 1 fully saturated rings. The molecule has 23 heavy (non-hydrogen) atoms. The van der Waals surface area contributed by atoms with Gasteiger partial charge in [0.15, 0.2) is 11.3 Å². The third kappa shape index (κ3) is 3.30. The van der Waals surface area contributed by atoms with E-state index < -0.39 is 5.97 Å². The maximum absolute atomic E-state index is 11.8. The van der Waals surface area contributed by atoms with Crippen LogP contribution in [0.5, 0.6) is 5.88 Å². The third-order valence-electron chi connectivity index (χ3n) is 4.61. The highest BCUT2D eigenvalue weighted by molar-refractivity contribution is 5.88. The number of carbonyl (C=O) groups is 1. The fourth-order valence-corrected chi connectivity index (χ4v) is 3.42. The number of hydrogen-bond donors (Lipinski definition) is 1. The van der Waals surface area contributed by atoms with Crippen LogP contribution in [-0.2, 0) is 11.2 Å². The first-order valence-electron chi connectivity index (χ1n) is 8.26. The number of carbonyl (C=O) groups excluding carboxylic acids is 1. The minimum Gasteiger partial charge on any atom is -0.493 e. The molecule has 1 aliphatic rings. The van der Waals surface area contributed by atoms with E-state index in [4.69, 9.17) is 4.74 Å². The lowest BCUT2D eigenvalue weighted by Crippen LogP contribution is -2.23. The number of esters is 1. The number of rotatable bonds is 4. The Labute approximate surface area is 135 Å². The number of aromatic nitrogens is 3. The van der Waals surface area contributed by atoms with Gasteiger partial charge >= 0.3 is 5.97 Å². The SMILES string of the molecule is CCOC(=O)c1cc2nc(CC3(C)CCCCC3)cc(O)n2n1. The summed E-state index contributed by atoms with van der Waals surface area (Å²) in [5.41, 5.74) is 1.72. The van der Waals surface area contributed by atoms with E-state index in [1.807, 2.05) is 0 Å². The molecule has 0 atom stereocenters. The Morgan fingerprint density at radius 2 is 2.09 bits per heavy atom. The lowest BCUT2D eigenvalue weighted by Gasteiger charge is -2.33. The smallest absolute Gasteiger partial charge is 0.358 e. The van der Waals surface area contributed by atoms with Crippen LogP contribution in [0.25, 0.3) is 5.65 Å². The molecule has 0 saturated heterocycles. The van der Waals surface area contributed by atoms with Crippen LogP contribution in [0.1, 0.15) is 62.1 Å². The molecular weight excluding hydrogens is 294 g/mol. The minimum atomic E-state index is -0.502. The van der Waals surface area contributed by atoms with Crippen LogP contribution in [0.2, 0.25) is 0 Å². The highest BCUT2D eigenvalue weighted by Gasteiger charge is 2.28. The second-order valence-corrected chi connectivity index (χ2v) is 6.67. The van der Waals surface area contributed by atoms with Crippen molar-refractivity contribution in [3.8, 4) is 5.88 Å². The molecule has 1 saturated carbocycles. The maximum Gasteiger partial charge on any atom is 0.358 e. The summed E-state index contributed by atoms with van der Waals surface area (Å²) in [4.78, 5) is 16.3. The predicted octanol–water partition coefficient (Wildman–Crippen LogP) is 3.12. The second kappa shape index (κ2) is 6.18. The third-order valence-corrected chi connectivity index (χ3v) is 4.61. The number of nitrogens with zero attached hydrogens (tertiary/aromatic N) is 3. The molecule has 124 valence electrons. The van der Waals surface area contributed by atoms with Crippen molar-refractivity contribution in [2.24, 2.45) is 5.41 Å². The van der Waals surface area contributed by atoms with E-state index in [1.165, 1.54) is 36.6 Å². The van der Waals surface area contributed by atoms with Crippen LogP contribution in [0, 0.1) is 5.41 Å². The van der Waals surface area contributed by atoms with Crippen LogP contribution in [0.15, 0.2) is 12.1 Å². The molecule has 0 spiro atoms. The van der Waals surface area contributed by atoms with E-state index in [0.717, 1.165) is 12.1 Å². The molecule has 0 unspecified atom stereocenters. The summed E-state index contributed by atoms with van der Waals surface area (Å²) < 4.78 is 6.22. The zero-order chi connectivity index (χ0) is 16.4. The Morgan fingerprint density at radius 1 is 1.35 bits per heavy atom. The zero-order valence-corrected chi connectivity index (χ0v) is 13.7. The van der Waals surface area contributed by atoms with Crippen molar-refractivity contribution in [2.75, 3.05) is 6.61 Å². The van der Waals surface area contributed by atoms with Gasteiger partial charge in [0.2, 0.25) is 5.88 Å². The highest BCUT2D eigenvalue weighted by Crippen LogP contribution is 2.38. The molecule has 1 N–H and O–H groups in total. The molecule has 6 nitrogen and oxygen atoms in total. The van der Waals surface area contributed by atoms with Crippen molar-refractivity contribution in [2.45, 2.75) is 52.4 Å². The van der Waals surface area contributed by atoms with Crippen molar-refractivity contribution in [1.82, 2.24) is 14.6 Å². The molecule has 0 amide bonds. The highest BCUT2D eigenvalue weighted by atomic mass is 16.5. The minimum absolute atomic E-state index is 0.0000390. The van der Waals surface area contributed by atoms with E-state index in [-0.39, 0.29) is 23.6 Å².